The van der Waals surface area contributed by atoms with Crippen LogP contribution in [0.5, 0.6) is 5.75 Å². The van der Waals surface area contributed by atoms with Crippen molar-refractivity contribution in [3.05, 3.63) is 109 Å². The van der Waals surface area contributed by atoms with Crippen LogP contribution in [0.3, 0.4) is 0 Å². The van der Waals surface area contributed by atoms with Crippen molar-refractivity contribution in [2.45, 2.75) is 44.6 Å². The second-order valence-electron chi connectivity index (χ2n) is 9.07. The monoisotopic (exact) mass is 560 g/mol. The number of nitro benzene ring substituents is 1. The van der Waals surface area contributed by atoms with E-state index in [0.717, 1.165) is 31.2 Å². The maximum Gasteiger partial charge on any atom is 0.312 e. The predicted octanol–water partition coefficient (Wildman–Crippen LogP) is 6.58. The van der Waals surface area contributed by atoms with Gasteiger partial charge >= 0.3 is 5.69 Å². The second-order valence-corrected chi connectivity index (χ2v) is 9.92. The number of hydrogen-bond donors (Lipinski definition) is 0. The molecule has 1 heterocycles. The SMILES string of the molecule is O=c1c2ccccc2nc(C2CCCCC2)n1N=Cc1cc(Br)c(OCc2ccccc2)c([N+](=O)[O-])c1. The standard InChI is InChI=1S/C28H25BrN4O4/c29-23-15-20(16-25(33(35)36)26(23)37-18-19-9-3-1-4-10-19)17-30-32-27(21-11-5-2-6-12-21)31-24-14-8-7-13-22(24)28(32)34/h1,3-4,7-10,13-17,21H,2,5-6,11-12,18H2. The average Bonchev–Trinajstić information content (AvgIpc) is 2.92. The van der Waals surface area contributed by atoms with Gasteiger partial charge in [-0.25, -0.2) is 4.98 Å². The fourth-order valence-corrected chi connectivity index (χ4v) is 5.27. The van der Waals surface area contributed by atoms with Gasteiger partial charge in [0.1, 0.15) is 12.4 Å². The van der Waals surface area contributed by atoms with Crippen molar-refractivity contribution >= 4 is 38.7 Å². The van der Waals surface area contributed by atoms with E-state index in [1.165, 1.54) is 23.4 Å². The minimum absolute atomic E-state index is 0.137. The van der Waals surface area contributed by atoms with Crippen LogP contribution in [0.1, 0.15) is 55.0 Å². The Kier molecular flexibility index (Phi) is 7.41. The van der Waals surface area contributed by atoms with Crippen LogP contribution in [0.15, 0.2) is 81.1 Å². The lowest BCUT2D eigenvalue weighted by Crippen LogP contribution is -2.25. The van der Waals surface area contributed by atoms with Crippen LogP contribution in [-0.2, 0) is 6.61 Å². The molecule has 3 aromatic carbocycles. The van der Waals surface area contributed by atoms with E-state index in [1.807, 2.05) is 42.5 Å². The van der Waals surface area contributed by atoms with Crippen molar-refractivity contribution in [3.63, 3.8) is 0 Å². The van der Waals surface area contributed by atoms with Gasteiger partial charge < -0.3 is 4.74 Å². The van der Waals surface area contributed by atoms with Gasteiger partial charge in [-0.3, -0.25) is 14.9 Å². The molecule has 9 heteroatoms. The molecule has 0 unspecified atom stereocenters. The van der Waals surface area contributed by atoms with Crippen molar-refractivity contribution in [1.82, 2.24) is 9.66 Å². The molecule has 4 aromatic rings. The molecule has 188 valence electrons. The minimum atomic E-state index is -0.486. The van der Waals surface area contributed by atoms with E-state index in [2.05, 4.69) is 21.0 Å². The molecule has 0 saturated heterocycles. The number of para-hydroxylation sites is 1. The summed E-state index contributed by atoms with van der Waals surface area (Å²) >= 11 is 3.42. The smallest absolute Gasteiger partial charge is 0.312 e. The lowest BCUT2D eigenvalue weighted by atomic mass is 9.88. The molecule has 0 bridgehead atoms. The maximum atomic E-state index is 13.4. The minimum Gasteiger partial charge on any atom is -0.481 e. The zero-order chi connectivity index (χ0) is 25.8. The summed E-state index contributed by atoms with van der Waals surface area (Å²) in [7, 11) is 0. The first-order chi connectivity index (χ1) is 18.0. The van der Waals surface area contributed by atoms with Crippen molar-refractivity contribution in [2.75, 3.05) is 0 Å². The molecule has 1 aromatic heterocycles. The number of benzene rings is 3. The van der Waals surface area contributed by atoms with E-state index >= 15 is 0 Å². The number of halogens is 1. The van der Waals surface area contributed by atoms with E-state index in [4.69, 9.17) is 9.72 Å². The number of nitrogens with zero attached hydrogens (tertiary/aromatic N) is 4. The number of fused-ring (bicyclic) bond motifs is 1. The summed E-state index contributed by atoms with van der Waals surface area (Å²) in [6.45, 7) is 0.191. The Balaban J connectivity index is 1.52. The third-order valence-corrected chi connectivity index (χ3v) is 7.13. The molecule has 0 atom stereocenters. The van der Waals surface area contributed by atoms with E-state index < -0.39 is 4.92 Å². The van der Waals surface area contributed by atoms with Gasteiger partial charge in [0.15, 0.2) is 0 Å². The summed E-state index contributed by atoms with van der Waals surface area (Å²) in [4.78, 5) is 29.6. The largest absolute Gasteiger partial charge is 0.481 e. The Morgan fingerprint density at radius 2 is 1.81 bits per heavy atom. The molecule has 1 aliphatic rings. The summed E-state index contributed by atoms with van der Waals surface area (Å²) in [6.07, 6.45) is 6.70. The van der Waals surface area contributed by atoms with Gasteiger partial charge in [0.2, 0.25) is 5.75 Å². The Labute approximate surface area is 221 Å². The molecule has 0 amide bonds. The molecule has 0 radical (unpaired) electrons. The fraction of sp³-hybridized carbons (Fsp3) is 0.250. The number of aromatic nitrogens is 2. The molecule has 5 rings (SSSR count). The molecule has 0 aliphatic heterocycles. The maximum absolute atomic E-state index is 13.4. The third-order valence-electron chi connectivity index (χ3n) is 6.54. The predicted molar refractivity (Wildman–Crippen MR) is 146 cm³/mol. The highest BCUT2D eigenvalue weighted by Gasteiger charge is 2.23. The van der Waals surface area contributed by atoms with Gasteiger partial charge in [-0.2, -0.15) is 9.78 Å². The number of ether oxygens (including phenoxy) is 1. The van der Waals surface area contributed by atoms with Crippen LogP contribution >= 0.6 is 15.9 Å². The van der Waals surface area contributed by atoms with Gasteiger partial charge in [-0.05, 0) is 52.5 Å². The first kappa shape index (κ1) is 24.8. The normalized spacial score (nSPS) is 14.3. The van der Waals surface area contributed by atoms with Crippen LogP contribution in [0.4, 0.5) is 5.69 Å². The highest BCUT2D eigenvalue weighted by atomic mass is 79.9. The highest BCUT2D eigenvalue weighted by Crippen LogP contribution is 2.37. The lowest BCUT2D eigenvalue weighted by Gasteiger charge is -2.22. The average molecular weight is 561 g/mol. The van der Waals surface area contributed by atoms with Gasteiger partial charge in [0.25, 0.3) is 5.56 Å². The third kappa shape index (κ3) is 5.46. The molecule has 0 spiro atoms. The Morgan fingerprint density at radius 3 is 2.57 bits per heavy atom. The summed E-state index contributed by atoms with van der Waals surface area (Å²) in [5.74, 6) is 0.910. The Morgan fingerprint density at radius 1 is 1.08 bits per heavy atom. The molecule has 0 N–H and O–H groups in total. The molecule has 1 aliphatic carbocycles. The fourth-order valence-electron chi connectivity index (χ4n) is 4.68. The summed E-state index contributed by atoms with van der Waals surface area (Å²) in [5, 5.41) is 16.8. The van der Waals surface area contributed by atoms with Crippen molar-refractivity contribution in [3.8, 4) is 5.75 Å². The number of hydrogen-bond acceptors (Lipinski definition) is 6. The molecular formula is C28H25BrN4O4. The van der Waals surface area contributed by atoms with Gasteiger partial charge in [-0.15, -0.1) is 0 Å². The number of rotatable bonds is 7. The van der Waals surface area contributed by atoms with E-state index in [1.54, 1.807) is 18.2 Å². The van der Waals surface area contributed by atoms with Crippen molar-refractivity contribution in [2.24, 2.45) is 5.10 Å². The number of nitro groups is 1. The Bertz CT molecular complexity index is 1530. The van der Waals surface area contributed by atoms with Crippen molar-refractivity contribution in [1.29, 1.82) is 0 Å². The van der Waals surface area contributed by atoms with Gasteiger partial charge in [0.05, 0.1) is 26.5 Å². The van der Waals surface area contributed by atoms with Crippen molar-refractivity contribution < 1.29 is 9.66 Å². The highest BCUT2D eigenvalue weighted by molar-refractivity contribution is 9.10. The molecule has 1 fully saturated rings. The zero-order valence-corrected chi connectivity index (χ0v) is 21.6. The van der Waals surface area contributed by atoms with Gasteiger partial charge in [-0.1, -0.05) is 61.7 Å². The van der Waals surface area contributed by atoms with Crippen LogP contribution in [-0.4, -0.2) is 20.8 Å². The van der Waals surface area contributed by atoms with Crippen LogP contribution in [0, 0.1) is 10.1 Å². The topological polar surface area (TPSA) is 99.6 Å². The first-order valence-electron chi connectivity index (χ1n) is 12.2. The zero-order valence-electron chi connectivity index (χ0n) is 20.0. The lowest BCUT2D eigenvalue weighted by molar-refractivity contribution is -0.386. The molecule has 1 saturated carbocycles. The summed E-state index contributed by atoms with van der Waals surface area (Å²) < 4.78 is 7.59. The van der Waals surface area contributed by atoms with E-state index in [-0.39, 0.29) is 29.5 Å². The molecule has 37 heavy (non-hydrogen) atoms. The van der Waals surface area contributed by atoms with E-state index in [9.17, 15) is 14.9 Å². The van der Waals surface area contributed by atoms with Crippen LogP contribution in [0.2, 0.25) is 0 Å². The quantitative estimate of drug-likeness (QED) is 0.144. The van der Waals surface area contributed by atoms with E-state index in [0.29, 0.717) is 26.8 Å². The summed E-state index contributed by atoms with van der Waals surface area (Å²) in [6, 6.07) is 19.8. The molecular weight excluding hydrogens is 536 g/mol. The second kappa shape index (κ2) is 11.0. The Hall–Kier alpha value is -3.85. The summed E-state index contributed by atoms with van der Waals surface area (Å²) in [5.41, 5.74) is 1.56. The first-order valence-corrected chi connectivity index (χ1v) is 13.0. The molecule has 8 nitrogen and oxygen atoms in total. The van der Waals surface area contributed by atoms with Gasteiger partial charge in [0, 0.05) is 17.5 Å². The van der Waals surface area contributed by atoms with Crippen LogP contribution in [0.25, 0.3) is 10.9 Å². The van der Waals surface area contributed by atoms with Crippen LogP contribution < -0.4 is 10.3 Å².